The molecule has 0 bridgehead atoms. The van der Waals surface area contributed by atoms with Crippen molar-refractivity contribution in [2.24, 2.45) is 0 Å². The first-order chi connectivity index (χ1) is 11.2. The van der Waals surface area contributed by atoms with E-state index in [2.05, 4.69) is 22.4 Å². The molecule has 1 atom stereocenters. The number of allylic oxidation sites excluding steroid dienone is 1. The minimum atomic E-state index is -0.320. The molecule has 1 N–H and O–H groups in total. The zero-order chi connectivity index (χ0) is 16.2. The summed E-state index contributed by atoms with van der Waals surface area (Å²) >= 11 is 0. The molecule has 0 radical (unpaired) electrons. The van der Waals surface area contributed by atoms with Gasteiger partial charge in [-0.2, -0.15) is 4.57 Å². The molecule has 1 aliphatic rings. The zero-order valence-electron chi connectivity index (χ0n) is 13.3. The fourth-order valence-electron chi connectivity index (χ4n) is 2.77. The lowest BCUT2D eigenvalue weighted by molar-refractivity contribution is -0.553. The predicted molar refractivity (Wildman–Crippen MR) is 87.1 cm³/mol. The van der Waals surface area contributed by atoms with Crippen molar-refractivity contribution in [3.63, 3.8) is 0 Å². The molecule has 1 aromatic carbocycles. The molecule has 1 unspecified atom stereocenters. The zero-order valence-corrected chi connectivity index (χ0v) is 13.3. The van der Waals surface area contributed by atoms with Crippen molar-refractivity contribution >= 4 is 11.7 Å². The maximum atomic E-state index is 12.6. The fourth-order valence-corrected chi connectivity index (χ4v) is 2.77. The second-order valence-corrected chi connectivity index (χ2v) is 5.45. The Hall–Kier alpha value is -2.69. The quantitative estimate of drug-likeness (QED) is 0.680. The Morgan fingerprint density at radius 2 is 2.17 bits per heavy atom. The highest BCUT2D eigenvalue weighted by atomic mass is 16.5. The first-order valence-corrected chi connectivity index (χ1v) is 7.66. The molecule has 3 rings (SSSR count). The average Bonchev–Trinajstić information content (AvgIpc) is 2.91. The van der Waals surface area contributed by atoms with Crippen molar-refractivity contribution in [3.8, 4) is 0 Å². The number of ether oxygens (including phenoxy) is 1. The molecule has 5 nitrogen and oxygen atoms in total. The van der Waals surface area contributed by atoms with Crippen molar-refractivity contribution in [1.82, 2.24) is 4.98 Å². The van der Waals surface area contributed by atoms with Gasteiger partial charge in [0.2, 0.25) is 6.04 Å². The molecule has 118 valence electrons. The smallest absolute Gasteiger partial charge is 0.359 e. The molecule has 0 spiro atoms. The van der Waals surface area contributed by atoms with Crippen LogP contribution < -0.4 is 9.88 Å². The molecule has 0 fully saturated rings. The van der Waals surface area contributed by atoms with Crippen LogP contribution >= 0.6 is 0 Å². The topological polar surface area (TPSA) is 55.1 Å². The largest absolute Gasteiger partial charge is 0.501 e. The maximum Gasteiger partial charge on any atom is 0.359 e. The summed E-state index contributed by atoms with van der Waals surface area (Å²) in [5.41, 5.74) is 2.03. The molecule has 23 heavy (non-hydrogen) atoms. The van der Waals surface area contributed by atoms with Gasteiger partial charge in [-0.15, -0.1) is 0 Å². The van der Waals surface area contributed by atoms with Crippen LogP contribution in [0.2, 0.25) is 0 Å². The Bertz CT molecular complexity index is 741. The normalized spacial score (nSPS) is 16.9. The maximum absolute atomic E-state index is 12.6. The van der Waals surface area contributed by atoms with Crippen LogP contribution in [0.15, 0.2) is 54.6 Å². The van der Waals surface area contributed by atoms with Crippen LogP contribution in [-0.2, 0) is 11.2 Å². The SMILES string of the molecule is C/C=C(/CC1Nc2c(Cc3ccccc3)ncc[n+]2C1=O)OC. The van der Waals surface area contributed by atoms with Crippen LogP contribution in [0.3, 0.4) is 0 Å². The van der Waals surface area contributed by atoms with Crippen LogP contribution in [0.25, 0.3) is 0 Å². The van der Waals surface area contributed by atoms with Crippen LogP contribution in [0.1, 0.15) is 29.4 Å². The Balaban J connectivity index is 1.85. The number of nitrogens with one attached hydrogen (secondary N) is 1. The minimum absolute atomic E-state index is 0.0214. The van der Waals surface area contributed by atoms with Gasteiger partial charge in [0.05, 0.1) is 25.5 Å². The fraction of sp³-hybridized carbons (Fsp3) is 0.278. The molecule has 0 saturated carbocycles. The second-order valence-electron chi connectivity index (χ2n) is 5.45. The molecule has 5 heteroatoms. The number of carbonyl (C=O) groups excluding carboxylic acids is 1. The van der Waals surface area contributed by atoms with Gasteiger partial charge in [-0.3, -0.25) is 5.32 Å². The number of carbonyl (C=O) groups is 1. The molecule has 0 aliphatic carbocycles. The van der Waals surface area contributed by atoms with Gasteiger partial charge >= 0.3 is 11.7 Å². The number of methoxy groups -OCH3 is 1. The van der Waals surface area contributed by atoms with E-state index in [9.17, 15) is 4.79 Å². The van der Waals surface area contributed by atoms with Crippen LogP contribution in [0, 0.1) is 0 Å². The van der Waals surface area contributed by atoms with E-state index in [1.807, 2.05) is 31.2 Å². The van der Waals surface area contributed by atoms with Gasteiger partial charge in [0.15, 0.2) is 0 Å². The first kappa shape index (κ1) is 15.2. The van der Waals surface area contributed by atoms with E-state index < -0.39 is 0 Å². The standard InChI is InChI=1S/C18H19N3O2/c1-3-14(23-2)12-16-18(22)21-10-9-19-15(17(21)20-16)11-13-7-5-4-6-8-13/h3-10,16H,11-12H2,1-2H3/p+1/b14-3-. The van der Waals surface area contributed by atoms with E-state index in [-0.39, 0.29) is 11.9 Å². The highest BCUT2D eigenvalue weighted by molar-refractivity contribution is 5.82. The summed E-state index contributed by atoms with van der Waals surface area (Å²) in [6.07, 6.45) is 6.48. The van der Waals surface area contributed by atoms with Crippen molar-refractivity contribution < 1.29 is 14.1 Å². The van der Waals surface area contributed by atoms with Crippen molar-refractivity contribution in [1.29, 1.82) is 0 Å². The molecule has 2 heterocycles. The third-order valence-corrected chi connectivity index (χ3v) is 4.01. The van der Waals surface area contributed by atoms with Crippen LogP contribution in [0.5, 0.6) is 0 Å². The summed E-state index contributed by atoms with van der Waals surface area (Å²) in [5.74, 6) is 1.59. The van der Waals surface area contributed by atoms with Crippen molar-refractivity contribution in [2.45, 2.75) is 25.8 Å². The van der Waals surface area contributed by atoms with Gasteiger partial charge in [-0.25, -0.2) is 9.78 Å². The molecule has 0 saturated heterocycles. The average molecular weight is 310 g/mol. The van der Waals surface area contributed by atoms with Gasteiger partial charge in [0.1, 0.15) is 11.9 Å². The van der Waals surface area contributed by atoms with Crippen LogP contribution in [-0.4, -0.2) is 24.0 Å². The van der Waals surface area contributed by atoms with Gasteiger partial charge < -0.3 is 4.74 Å². The lowest BCUT2D eigenvalue weighted by Gasteiger charge is -2.06. The number of rotatable bonds is 5. The number of hydrogen-bond donors (Lipinski definition) is 1. The molecular formula is C18H20N3O2+. The lowest BCUT2D eigenvalue weighted by Crippen LogP contribution is -2.43. The summed E-state index contributed by atoms with van der Waals surface area (Å²) < 4.78 is 6.93. The minimum Gasteiger partial charge on any atom is -0.501 e. The highest BCUT2D eigenvalue weighted by Crippen LogP contribution is 2.21. The van der Waals surface area contributed by atoms with Gasteiger partial charge in [-0.1, -0.05) is 30.3 Å². The summed E-state index contributed by atoms with van der Waals surface area (Å²) in [7, 11) is 1.62. The Morgan fingerprint density at radius 3 is 2.87 bits per heavy atom. The Kier molecular flexibility index (Phi) is 4.37. The molecule has 0 amide bonds. The van der Waals surface area contributed by atoms with Crippen molar-refractivity contribution in [3.05, 3.63) is 65.8 Å². The number of aromatic nitrogens is 2. The van der Waals surface area contributed by atoms with E-state index in [1.54, 1.807) is 24.1 Å². The second kappa shape index (κ2) is 6.60. The Morgan fingerprint density at radius 1 is 1.39 bits per heavy atom. The van der Waals surface area contributed by atoms with E-state index in [4.69, 9.17) is 4.74 Å². The predicted octanol–water partition coefficient (Wildman–Crippen LogP) is 2.33. The van der Waals surface area contributed by atoms with Gasteiger partial charge in [0.25, 0.3) is 0 Å². The number of anilines is 1. The summed E-state index contributed by atoms with van der Waals surface area (Å²) in [6, 6.07) is 9.79. The molecule has 1 aromatic heterocycles. The van der Waals surface area contributed by atoms with Gasteiger partial charge in [-0.05, 0) is 18.6 Å². The highest BCUT2D eigenvalue weighted by Gasteiger charge is 2.40. The van der Waals surface area contributed by atoms with E-state index >= 15 is 0 Å². The Labute approximate surface area is 135 Å². The third-order valence-electron chi connectivity index (χ3n) is 4.01. The first-order valence-electron chi connectivity index (χ1n) is 7.66. The van der Waals surface area contributed by atoms with E-state index in [0.717, 1.165) is 22.8 Å². The lowest BCUT2D eigenvalue weighted by atomic mass is 10.1. The van der Waals surface area contributed by atoms with Gasteiger partial charge in [0, 0.05) is 6.42 Å². The molecule has 2 aromatic rings. The number of hydrogen-bond acceptors (Lipinski definition) is 4. The molecule has 1 aliphatic heterocycles. The number of benzene rings is 1. The summed E-state index contributed by atoms with van der Waals surface area (Å²) in [6.45, 7) is 1.90. The molecular weight excluding hydrogens is 290 g/mol. The monoisotopic (exact) mass is 310 g/mol. The van der Waals surface area contributed by atoms with E-state index in [0.29, 0.717) is 12.8 Å². The number of nitrogens with zero attached hydrogens (tertiary/aromatic N) is 2. The van der Waals surface area contributed by atoms with E-state index in [1.165, 1.54) is 0 Å². The van der Waals surface area contributed by atoms with Crippen LogP contribution in [0.4, 0.5) is 5.82 Å². The summed E-state index contributed by atoms with van der Waals surface area (Å²) in [5, 5.41) is 3.30. The summed E-state index contributed by atoms with van der Waals surface area (Å²) in [4.78, 5) is 17.0. The third kappa shape index (κ3) is 3.08. The number of fused-ring (bicyclic) bond motifs is 1. The van der Waals surface area contributed by atoms with Crippen molar-refractivity contribution in [2.75, 3.05) is 12.4 Å².